The lowest BCUT2D eigenvalue weighted by Gasteiger charge is -2.20. The second-order valence-electron chi connectivity index (χ2n) is 3.71. The molecule has 0 spiro atoms. The molecule has 0 radical (unpaired) electrons. The Balaban J connectivity index is 2.83. The summed E-state index contributed by atoms with van der Waals surface area (Å²) in [7, 11) is 1.68. The van der Waals surface area contributed by atoms with E-state index in [1.807, 2.05) is 12.1 Å². The molecule has 0 heterocycles. The van der Waals surface area contributed by atoms with Gasteiger partial charge in [0.1, 0.15) is 5.75 Å². The maximum atomic E-state index is 6.31. The highest BCUT2D eigenvalue weighted by atomic mass is 35.5. The van der Waals surface area contributed by atoms with Crippen molar-refractivity contribution in [1.82, 2.24) is 0 Å². The van der Waals surface area contributed by atoms with Crippen molar-refractivity contribution in [2.75, 3.05) is 7.11 Å². The highest BCUT2D eigenvalue weighted by Crippen LogP contribution is 2.29. The number of benzene rings is 1. The topological polar surface area (TPSA) is 9.23 Å². The molecule has 2 atom stereocenters. The molecule has 15 heavy (non-hydrogen) atoms. The van der Waals surface area contributed by atoms with Crippen molar-refractivity contribution in [3.8, 4) is 5.75 Å². The van der Waals surface area contributed by atoms with Crippen LogP contribution in [0, 0.1) is 0 Å². The number of alkyl halides is 1. The van der Waals surface area contributed by atoms with Crippen molar-refractivity contribution in [3.63, 3.8) is 0 Å². The average molecular weight is 227 g/mol. The summed E-state index contributed by atoms with van der Waals surface area (Å²) in [6.07, 6.45) is 2.08. The van der Waals surface area contributed by atoms with Crippen molar-refractivity contribution in [1.29, 1.82) is 0 Å². The van der Waals surface area contributed by atoms with E-state index in [1.54, 1.807) is 7.11 Å². The van der Waals surface area contributed by atoms with E-state index < -0.39 is 0 Å². The monoisotopic (exact) mass is 226 g/mol. The van der Waals surface area contributed by atoms with Gasteiger partial charge in [-0.2, -0.15) is 0 Å². The van der Waals surface area contributed by atoms with Crippen LogP contribution in [0.3, 0.4) is 0 Å². The lowest BCUT2D eigenvalue weighted by atomic mass is 9.92. The van der Waals surface area contributed by atoms with Crippen LogP contribution in [0.15, 0.2) is 24.3 Å². The molecule has 84 valence electrons. The molecular formula is C13H19ClO. The third kappa shape index (κ3) is 3.13. The van der Waals surface area contributed by atoms with Gasteiger partial charge < -0.3 is 4.74 Å². The van der Waals surface area contributed by atoms with Crippen molar-refractivity contribution < 1.29 is 4.74 Å². The van der Waals surface area contributed by atoms with Gasteiger partial charge in [-0.05, 0) is 36.5 Å². The smallest absolute Gasteiger partial charge is 0.118 e. The first-order valence-electron chi connectivity index (χ1n) is 5.50. The van der Waals surface area contributed by atoms with E-state index in [0.717, 1.165) is 18.6 Å². The maximum Gasteiger partial charge on any atom is 0.118 e. The zero-order valence-corrected chi connectivity index (χ0v) is 10.4. The van der Waals surface area contributed by atoms with Crippen LogP contribution < -0.4 is 4.74 Å². The molecule has 0 fully saturated rings. The Morgan fingerprint density at radius 3 is 2.13 bits per heavy atom. The van der Waals surface area contributed by atoms with Crippen molar-refractivity contribution in [2.45, 2.75) is 38.0 Å². The van der Waals surface area contributed by atoms with Gasteiger partial charge >= 0.3 is 0 Å². The van der Waals surface area contributed by atoms with E-state index in [0.29, 0.717) is 5.92 Å². The largest absolute Gasteiger partial charge is 0.497 e. The Labute approximate surface area is 97.4 Å². The lowest BCUT2D eigenvalue weighted by Crippen LogP contribution is -2.11. The SMILES string of the molecule is CCC(Cl)C(CC)c1ccc(OC)cc1. The van der Waals surface area contributed by atoms with Crippen LogP contribution in [-0.2, 0) is 0 Å². The molecule has 0 bridgehead atoms. The first-order valence-corrected chi connectivity index (χ1v) is 5.94. The number of halogens is 1. The minimum atomic E-state index is 0.225. The highest BCUT2D eigenvalue weighted by molar-refractivity contribution is 6.21. The molecule has 0 amide bonds. The minimum Gasteiger partial charge on any atom is -0.497 e. The molecule has 0 aliphatic heterocycles. The standard InChI is InChI=1S/C13H19ClO/c1-4-12(13(14)5-2)10-6-8-11(15-3)9-7-10/h6-9,12-13H,4-5H2,1-3H3. The number of methoxy groups -OCH3 is 1. The molecule has 1 aromatic rings. The summed E-state index contributed by atoms with van der Waals surface area (Å²) in [5.41, 5.74) is 1.31. The number of rotatable bonds is 5. The molecule has 1 nitrogen and oxygen atoms in total. The molecule has 0 aliphatic rings. The third-order valence-electron chi connectivity index (χ3n) is 2.81. The molecule has 1 rings (SSSR count). The molecule has 0 saturated heterocycles. The van der Waals surface area contributed by atoms with Crippen molar-refractivity contribution >= 4 is 11.6 Å². The summed E-state index contributed by atoms with van der Waals surface area (Å²) in [4.78, 5) is 0. The van der Waals surface area contributed by atoms with Crippen molar-refractivity contribution in [3.05, 3.63) is 29.8 Å². The van der Waals surface area contributed by atoms with Gasteiger partial charge in [-0.15, -0.1) is 11.6 Å². The van der Waals surface area contributed by atoms with Crippen LogP contribution in [0.2, 0.25) is 0 Å². The predicted octanol–water partition coefficient (Wildman–Crippen LogP) is 4.21. The first-order chi connectivity index (χ1) is 7.22. The molecule has 1 aromatic carbocycles. The van der Waals surface area contributed by atoms with E-state index >= 15 is 0 Å². The summed E-state index contributed by atoms with van der Waals surface area (Å²) in [6, 6.07) is 8.21. The summed E-state index contributed by atoms with van der Waals surface area (Å²) >= 11 is 6.31. The van der Waals surface area contributed by atoms with Gasteiger partial charge in [0.2, 0.25) is 0 Å². The molecular weight excluding hydrogens is 208 g/mol. The fourth-order valence-corrected chi connectivity index (χ4v) is 2.16. The van der Waals surface area contributed by atoms with Gasteiger partial charge in [-0.3, -0.25) is 0 Å². The van der Waals surface area contributed by atoms with Gasteiger partial charge in [-0.1, -0.05) is 26.0 Å². The molecule has 0 N–H and O–H groups in total. The second-order valence-corrected chi connectivity index (χ2v) is 4.27. The summed E-state index contributed by atoms with van der Waals surface area (Å²) in [5.74, 6) is 1.35. The van der Waals surface area contributed by atoms with Crippen LogP contribution in [0.5, 0.6) is 5.75 Å². The molecule has 2 unspecified atom stereocenters. The van der Waals surface area contributed by atoms with Crippen molar-refractivity contribution in [2.24, 2.45) is 0 Å². The Hall–Kier alpha value is -0.690. The molecule has 0 aliphatic carbocycles. The first kappa shape index (κ1) is 12.4. The van der Waals surface area contributed by atoms with E-state index in [2.05, 4.69) is 26.0 Å². The Morgan fingerprint density at radius 2 is 1.73 bits per heavy atom. The Kier molecular flexibility index (Phi) is 4.97. The lowest BCUT2D eigenvalue weighted by molar-refractivity contribution is 0.414. The fraction of sp³-hybridized carbons (Fsp3) is 0.538. The van der Waals surface area contributed by atoms with E-state index in [1.165, 1.54) is 5.56 Å². The fourth-order valence-electron chi connectivity index (χ4n) is 1.84. The quantitative estimate of drug-likeness (QED) is 0.684. The van der Waals surface area contributed by atoms with E-state index in [9.17, 15) is 0 Å². The predicted molar refractivity (Wildman–Crippen MR) is 66.0 cm³/mol. The van der Waals surface area contributed by atoms with Gasteiger partial charge in [0, 0.05) is 5.38 Å². The Bertz CT molecular complexity index is 281. The number of hydrogen-bond donors (Lipinski definition) is 0. The third-order valence-corrected chi connectivity index (χ3v) is 3.42. The van der Waals surface area contributed by atoms with Crippen LogP contribution in [0.4, 0.5) is 0 Å². The van der Waals surface area contributed by atoms with E-state index in [-0.39, 0.29) is 5.38 Å². The second kappa shape index (κ2) is 6.02. The Morgan fingerprint density at radius 1 is 1.13 bits per heavy atom. The van der Waals surface area contributed by atoms with E-state index in [4.69, 9.17) is 16.3 Å². The van der Waals surface area contributed by atoms with Gasteiger partial charge in [-0.25, -0.2) is 0 Å². The van der Waals surface area contributed by atoms with Crippen LogP contribution >= 0.6 is 11.6 Å². The molecule has 2 heteroatoms. The summed E-state index contributed by atoms with van der Waals surface area (Å²) in [5, 5.41) is 0.225. The average Bonchev–Trinajstić information content (AvgIpc) is 2.30. The van der Waals surface area contributed by atoms with Gasteiger partial charge in [0.15, 0.2) is 0 Å². The van der Waals surface area contributed by atoms with Gasteiger partial charge in [0.25, 0.3) is 0 Å². The van der Waals surface area contributed by atoms with Gasteiger partial charge in [0.05, 0.1) is 7.11 Å². The molecule has 0 saturated carbocycles. The minimum absolute atomic E-state index is 0.225. The highest BCUT2D eigenvalue weighted by Gasteiger charge is 2.17. The zero-order valence-electron chi connectivity index (χ0n) is 9.66. The van der Waals surface area contributed by atoms with Crippen LogP contribution in [0.25, 0.3) is 0 Å². The van der Waals surface area contributed by atoms with Crippen LogP contribution in [-0.4, -0.2) is 12.5 Å². The maximum absolute atomic E-state index is 6.31. The number of hydrogen-bond acceptors (Lipinski definition) is 1. The summed E-state index contributed by atoms with van der Waals surface area (Å²) in [6.45, 7) is 4.31. The summed E-state index contributed by atoms with van der Waals surface area (Å²) < 4.78 is 5.14. The van der Waals surface area contributed by atoms with Crippen LogP contribution in [0.1, 0.15) is 38.2 Å². The molecule has 0 aromatic heterocycles. The number of ether oxygens (including phenoxy) is 1. The zero-order chi connectivity index (χ0) is 11.3. The normalized spacial score (nSPS) is 14.7.